The van der Waals surface area contributed by atoms with Crippen LogP contribution < -0.4 is 0 Å². The summed E-state index contributed by atoms with van der Waals surface area (Å²) in [4.78, 5) is 17.3. The fourth-order valence-corrected chi connectivity index (χ4v) is 1.95. The zero-order valence-corrected chi connectivity index (χ0v) is 10.9. The molecule has 1 N–H and O–H groups in total. The first-order valence-corrected chi connectivity index (χ1v) is 5.97. The van der Waals surface area contributed by atoms with Gasteiger partial charge in [-0.05, 0) is 32.9 Å². The number of carbonyl (C=O) groups excluding carboxylic acids is 1. The molecule has 0 aliphatic carbocycles. The molecule has 0 aromatic carbocycles. The molecular formula is C13H18N2O3. The van der Waals surface area contributed by atoms with Crippen LogP contribution in [0.4, 0.5) is 4.79 Å². The number of amides is 1. The van der Waals surface area contributed by atoms with E-state index in [0.717, 1.165) is 5.69 Å². The van der Waals surface area contributed by atoms with Crippen molar-refractivity contribution < 1.29 is 14.6 Å². The van der Waals surface area contributed by atoms with Crippen LogP contribution in [-0.2, 0) is 11.2 Å². The number of carbonyl (C=O) groups is 1. The number of pyridine rings is 1. The SMILES string of the molecule is CC1(C)OC(=O)N(CCc2ccccn2)[C@@]1(C)O. The number of ether oxygens (including phenoxy) is 1. The lowest BCUT2D eigenvalue weighted by Gasteiger charge is -2.34. The van der Waals surface area contributed by atoms with Crippen LogP contribution in [0.25, 0.3) is 0 Å². The molecule has 5 nitrogen and oxygen atoms in total. The van der Waals surface area contributed by atoms with E-state index in [2.05, 4.69) is 4.98 Å². The molecule has 5 heteroatoms. The number of rotatable bonds is 3. The van der Waals surface area contributed by atoms with Crippen LogP contribution >= 0.6 is 0 Å². The van der Waals surface area contributed by atoms with Crippen molar-refractivity contribution in [3.8, 4) is 0 Å². The summed E-state index contributed by atoms with van der Waals surface area (Å²) in [6.45, 7) is 5.37. The molecule has 1 saturated heterocycles. The standard InChI is InChI=1S/C13H18N2O3/c1-12(2)13(3,17)15(11(16)18-12)9-7-10-6-4-5-8-14-10/h4-6,8,17H,7,9H2,1-3H3/t13-/m0/s1. The summed E-state index contributed by atoms with van der Waals surface area (Å²) in [5, 5.41) is 10.4. The molecule has 0 saturated carbocycles. The average Bonchev–Trinajstić information content (AvgIpc) is 2.43. The zero-order valence-electron chi connectivity index (χ0n) is 10.9. The van der Waals surface area contributed by atoms with E-state index in [1.807, 2.05) is 18.2 Å². The number of nitrogens with zero attached hydrogens (tertiary/aromatic N) is 2. The van der Waals surface area contributed by atoms with Gasteiger partial charge >= 0.3 is 6.09 Å². The Labute approximate surface area is 106 Å². The van der Waals surface area contributed by atoms with Gasteiger partial charge in [0.2, 0.25) is 0 Å². The molecule has 0 radical (unpaired) electrons. The normalized spacial score (nSPS) is 26.2. The number of aliphatic hydroxyl groups is 1. The lowest BCUT2D eigenvalue weighted by atomic mass is 9.96. The molecule has 2 rings (SSSR count). The second kappa shape index (κ2) is 4.24. The van der Waals surface area contributed by atoms with Gasteiger partial charge in [-0.3, -0.25) is 9.88 Å². The first-order valence-electron chi connectivity index (χ1n) is 5.97. The number of hydrogen-bond donors (Lipinski definition) is 1. The van der Waals surface area contributed by atoms with Crippen molar-refractivity contribution in [2.24, 2.45) is 0 Å². The monoisotopic (exact) mass is 250 g/mol. The van der Waals surface area contributed by atoms with E-state index in [0.29, 0.717) is 13.0 Å². The number of cyclic esters (lactones) is 1. The van der Waals surface area contributed by atoms with Crippen molar-refractivity contribution in [3.05, 3.63) is 30.1 Å². The van der Waals surface area contributed by atoms with E-state index in [1.165, 1.54) is 4.90 Å². The molecule has 1 atom stereocenters. The quantitative estimate of drug-likeness (QED) is 0.884. The van der Waals surface area contributed by atoms with Gasteiger partial charge in [0.05, 0.1) is 0 Å². The second-order valence-electron chi connectivity index (χ2n) is 5.12. The van der Waals surface area contributed by atoms with Crippen molar-refractivity contribution >= 4 is 6.09 Å². The maximum Gasteiger partial charge on any atom is 0.412 e. The summed E-state index contributed by atoms with van der Waals surface area (Å²) in [7, 11) is 0. The van der Waals surface area contributed by atoms with Gasteiger partial charge in [-0.25, -0.2) is 4.79 Å². The first-order chi connectivity index (χ1) is 8.34. The third-order valence-electron chi connectivity index (χ3n) is 3.55. The van der Waals surface area contributed by atoms with Gasteiger partial charge in [0.1, 0.15) is 0 Å². The van der Waals surface area contributed by atoms with Crippen molar-refractivity contribution in [3.63, 3.8) is 0 Å². The topological polar surface area (TPSA) is 62.7 Å². The summed E-state index contributed by atoms with van der Waals surface area (Å²) in [6.07, 6.45) is 1.81. The van der Waals surface area contributed by atoms with Gasteiger partial charge in [0.15, 0.2) is 11.3 Å². The Morgan fingerprint density at radius 1 is 1.39 bits per heavy atom. The van der Waals surface area contributed by atoms with Crippen molar-refractivity contribution in [2.45, 2.75) is 38.5 Å². The Morgan fingerprint density at radius 2 is 2.11 bits per heavy atom. The van der Waals surface area contributed by atoms with Crippen LogP contribution in [0.5, 0.6) is 0 Å². The summed E-state index contributed by atoms with van der Waals surface area (Å²) in [5.41, 5.74) is -1.33. The van der Waals surface area contributed by atoms with Crippen molar-refractivity contribution in [2.75, 3.05) is 6.54 Å². The molecule has 1 aromatic heterocycles. The molecule has 1 amide bonds. The molecule has 18 heavy (non-hydrogen) atoms. The van der Waals surface area contributed by atoms with Gasteiger partial charge in [-0.1, -0.05) is 6.07 Å². The van der Waals surface area contributed by atoms with E-state index in [9.17, 15) is 9.90 Å². The summed E-state index contributed by atoms with van der Waals surface area (Å²) >= 11 is 0. The molecular weight excluding hydrogens is 232 g/mol. The van der Waals surface area contributed by atoms with Crippen molar-refractivity contribution in [1.82, 2.24) is 9.88 Å². The molecule has 0 unspecified atom stereocenters. The smallest absolute Gasteiger partial charge is 0.412 e. The maximum absolute atomic E-state index is 11.8. The minimum absolute atomic E-state index is 0.381. The van der Waals surface area contributed by atoms with Crippen LogP contribution in [0.1, 0.15) is 26.5 Å². The van der Waals surface area contributed by atoms with Crippen LogP contribution in [-0.4, -0.2) is 39.0 Å². The largest absolute Gasteiger partial charge is 0.438 e. The Kier molecular flexibility index (Phi) is 3.02. The highest BCUT2D eigenvalue weighted by molar-refractivity contribution is 5.72. The van der Waals surface area contributed by atoms with Crippen LogP contribution in [0, 0.1) is 0 Å². The van der Waals surface area contributed by atoms with Crippen LogP contribution in [0.3, 0.4) is 0 Å². The maximum atomic E-state index is 11.8. The van der Waals surface area contributed by atoms with E-state index < -0.39 is 17.4 Å². The number of aromatic nitrogens is 1. The van der Waals surface area contributed by atoms with E-state index in [1.54, 1.807) is 27.0 Å². The summed E-state index contributed by atoms with van der Waals surface area (Å²) < 4.78 is 5.18. The highest BCUT2D eigenvalue weighted by atomic mass is 16.6. The van der Waals surface area contributed by atoms with Gasteiger partial charge in [-0.2, -0.15) is 0 Å². The zero-order chi connectivity index (χ0) is 13.4. The van der Waals surface area contributed by atoms with Crippen LogP contribution in [0.15, 0.2) is 24.4 Å². The van der Waals surface area contributed by atoms with E-state index >= 15 is 0 Å². The minimum atomic E-state index is -1.31. The highest BCUT2D eigenvalue weighted by Crippen LogP contribution is 2.36. The fraction of sp³-hybridized carbons (Fsp3) is 0.538. The average molecular weight is 250 g/mol. The van der Waals surface area contributed by atoms with Crippen molar-refractivity contribution in [1.29, 1.82) is 0 Å². The Morgan fingerprint density at radius 3 is 2.61 bits per heavy atom. The lowest BCUT2D eigenvalue weighted by molar-refractivity contribution is -0.126. The number of hydrogen-bond acceptors (Lipinski definition) is 4. The Hall–Kier alpha value is -1.62. The summed E-state index contributed by atoms with van der Waals surface area (Å²) in [6, 6.07) is 5.63. The Bertz CT molecular complexity index is 443. The molecule has 1 aliphatic rings. The van der Waals surface area contributed by atoms with Gasteiger partial charge in [0, 0.05) is 24.9 Å². The Balaban J connectivity index is 2.08. The van der Waals surface area contributed by atoms with Crippen LogP contribution in [0.2, 0.25) is 0 Å². The van der Waals surface area contributed by atoms with Gasteiger partial charge in [-0.15, -0.1) is 0 Å². The van der Waals surface area contributed by atoms with E-state index in [-0.39, 0.29) is 0 Å². The third kappa shape index (κ3) is 2.06. The highest BCUT2D eigenvalue weighted by Gasteiger charge is 2.56. The third-order valence-corrected chi connectivity index (χ3v) is 3.55. The molecule has 1 aliphatic heterocycles. The predicted octanol–water partition coefficient (Wildman–Crippen LogP) is 1.56. The molecule has 0 spiro atoms. The molecule has 1 aromatic rings. The van der Waals surface area contributed by atoms with Gasteiger partial charge in [0.25, 0.3) is 0 Å². The first kappa shape index (κ1) is 12.8. The summed E-state index contributed by atoms with van der Waals surface area (Å²) in [5.74, 6) is 0. The molecule has 0 bridgehead atoms. The molecule has 1 fully saturated rings. The predicted molar refractivity (Wildman–Crippen MR) is 65.8 cm³/mol. The van der Waals surface area contributed by atoms with Gasteiger partial charge < -0.3 is 9.84 Å². The molecule has 98 valence electrons. The fourth-order valence-electron chi connectivity index (χ4n) is 1.95. The minimum Gasteiger partial charge on any atom is -0.438 e. The second-order valence-corrected chi connectivity index (χ2v) is 5.12. The lowest BCUT2D eigenvalue weighted by Crippen LogP contribution is -2.54. The molecule has 2 heterocycles. The van der Waals surface area contributed by atoms with E-state index in [4.69, 9.17) is 4.74 Å².